The van der Waals surface area contributed by atoms with Crippen molar-refractivity contribution in [3.63, 3.8) is 0 Å². The number of methoxy groups -OCH3 is 1. The Bertz CT molecular complexity index is 804. The fourth-order valence-electron chi connectivity index (χ4n) is 2.95. The number of carbonyl (C=O) groups is 2. The van der Waals surface area contributed by atoms with Crippen molar-refractivity contribution in [1.29, 1.82) is 0 Å². The summed E-state index contributed by atoms with van der Waals surface area (Å²) >= 11 is 1.65. The number of rotatable bonds is 4. The number of benzene rings is 2. The van der Waals surface area contributed by atoms with Crippen molar-refractivity contribution in [2.45, 2.75) is 17.4 Å². The minimum absolute atomic E-state index is 0.0312. The zero-order chi connectivity index (χ0) is 17.8. The topological polar surface area (TPSA) is 46.6 Å². The van der Waals surface area contributed by atoms with Gasteiger partial charge in [-0.2, -0.15) is 0 Å². The Morgan fingerprint density at radius 3 is 2.56 bits per heavy atom. The molecule has 1 aliphatic rings. The zero-order valence-electron chi connectivity index (χ0n) is 14.0. The number of anilines is 1. The lowest BCUT2D eigenvalue weighted by molar-refractivity contribution is -0.136. The minimum Gasteiger partial charge on any atom is -0.466 e. The summed E-state index contributed by atoms with van der Waals surface area (Å²) in [5, 5.41) is 0. The van der Waals surface area contributed by atoms with Gasteiger partial charge in [0.2, 0.25) is 5.91 Å². The molecule has 5 heteroatoms. The fraction of sp³-hybridized carbons (Fsp3) is 0.200. The molecule has 0 bridgehead atoms. The van der Waals surface area contributed by atoms with Gasteiger partial charge in [0.1, 0.15) is 0 Å². The van der Waals surface area contributed by atoms with E-state index >= 15 is 0 Å². The highest BCUT2D eigenvalue weighted by atomic mass is 32.2. The molecule has 0 radical (unpaired) electrons. The van der Waals surface area contributed by atoms with Gasteiger partial charge in [0, 0.05) is 17.1 Å². The molecule has 3 rings (SSSR count). The summed E-state index contributed by atoms with van der Waals surface area (Å²) in [7, 11) is 1.32. The average molecular weight is 353 g/mol. The second kappa shape index (κ2) is 7.57. The molecule has 1 atom stereocenters. The Labute approximate surface area is 151 Å². The summed E-state index contributed by atoms with van der Waals surface area (Å²) in [5.74, 6) is 0.158. The number of nitrogens with zero attached hydrogens (tertiary/aromatic N) is 1. The highest BCUT2D eigenvalue weighted by Crippen LogP contribution is 2.41. The largest absolute Gasteiger partial charge is 0.466 e. The molecule has 1 heterocycles. The van der Waals surface area contributed by atoms with E-state index in [1.807, 2.05) is 54.6 Å². The van der Waals surface area contributed by atoms with Gasteiger partial charge in [0.25, 0.3) is 0 Å². The first-order chi connectivity index (χ1) is 12.1. The lowest BCUT2D eigenvalue weighted by Crippen LogP contribution is -2.37. The van der Waals surface area contributed by atoms with Gasteiger partial charge in [-0.15, -0.1) is 11.8 Å². The van der Waals surface area contributed by atoms with Crippen LogP contribution in [0.25, 0.3) is 0 Å². The Kier molecular flexibility index (Phi) is 5.24. The highest BCUT2D eigenvalue weighted by Gasteiger charge is 2.34. The second-order valence-corrected chi connectivity index (χ2v) is 6.80. The monoisotopic (exact) mass is 353 g/mol. The fourth-order valence-corrected chi connectivity index (χ4v) is 3.93. The van der Waals surface area contributed by atoms with Gasteiger partial charge in [0.05, 0.1) is 24.4 Å². The molecule has 0 N–H and O–H groups in total. The van der Waals surface area contributed by atoms with Crippen molar-refractivity contribution in [2.24, 2.45) is 0 Å². The van der Waals surface area contributed by atoms with E-state index in [0.29, 0.717) is 12.2 Å². The maximum atomic E-state index is 12.9. The van der Waals surface area contributed by atoms with E-state index in [2.05, 4.69) is 6.58 Å². The summed E-state index contributed by atoms with van der Waals surface area (Å²) in [6.45, 7) is 3.94. The maximum absolute atomic E-state index is 12.9. The molecule has 0 saturated heterocycles. The third-order valence-corrected chi connectivity index (χ3v) is 5.18. The molecule has 2 aromatic rings. The Morgan fingerprint density at radius 2 is 1.84 bits per heavy atom. The van der Waals surface area contributed by atoms with Crippen molar-refractivity contribution >= 4 is 29.3 Å². The second-order valence-electron chi connectivity index (χ2n) is 5.66. The summed E-state index contributed by atoms with van der Waals surface area (Å²) in [6.07, 6.45) is 0.400. The predicted molar refractivity (Wildman–Crippen MR) is 99.6 cm³/mol. The van der Waals surface area contributed by atoms with Gasteiger partial charge in [-0.3, -0.25) is 9.69 Å². The lowest BCUT2D eigenvalue weighted by atomic mass is 9.96. The molecular weight excluding hydrogens is 334 g/mol. The molecule has 0 aliphatic carbocycles. The summed E-state index contributed by atoms with van der Waals surface area (Å²) in [6, 6.07) is 16.6. The van der Waals surface area contributed by atoms with Crippen molar-refractivity contribution in [1.82, 2.24) is 0 Å². The van der Waals surface area contributed by atoms with Gasteiger partial charge in [-0.25, -0.2) is 4.79 Å². The molecule has 0 spiro atoms. The average Bonchev–Trinajstić information content (AvgIpc) is 2.81. The predicted octanol–water partition coefficient (Wildman–Crippen LogP) is 3.99. The summed E-state index contributed by atoms with van der Waals surface area (Å²) in [4.78, 5) is 27.8. The van der Waals surface area contributed by atoms with E-state index in [9.17, 15) is 9.59 Å². The van der Waals surface area contributed by atoms with E-state index in [4.69, 9.17) is 4.74 Å². The first-order valence-corrected chi connectivity index (χ1v) is 8.98. The molecule has 0 aromatic heterocycles. The molecule has 1 aliphatic heterocycles. The van der Waals surface area contributed by atoms with Crippen molar-refractivity contribution in [3.05, 3.63) is 72.3 Å². The van der Waals surface area contributed by atoms with E-state index in [1.54, 1.807) is 16.7 Å². The number of ether oxygens (including phenoxy) is 1. The number of para-hydroxylation sites is 1. The van der Waals surface area contributed by atoms with Crippen LogP contribution in [0.3, 0.4) is 0 Å². The number of fused-ring (bicyclic) bond motifs is 1. The maximum Gasteiger partial charge on any atom is 0.335 e. The number of thioether (sulfide) groups is 1. The standard InChI is InChI=1S/C20H19NO3S/c1-14(20(23)24-2)19(15-8-4-3-5-9-15)21-16-10-6-7-11-17(16)25-13-12-18(21)22/h3-11,19H,1,12-13H2,2H3. The first kappa shape index (κ1) is 17.3. The third kappa shape index (κ3) is 3.46. The SMILES string of the molecule is C=C(C(=O)OC)C(c1ccccc1)N1C(=O)CCSc2ccccc21. The quantitative estimate of drug-likeness (QED) is 0.616. The summed E-state index contributed by atoms with van der Waals surface area (Å²) < 4.78 is 4.88. The van der Waals surface area contributed by atoms with Crippen LogP contribution in [-0.4, -0.2) is 24.7 Å². The van der Waals surface area contributed by atoms with Crippen LogP contribution >= 0.6 is 11.8 Å². The third-order valence-electron chi connectivity index (χ3n) is 4.12. The van der Waals surface area contributed by atoms with Crippen LogP contribution in [0, 0.1) is 0 Å². The van der Waals surface area contributed by atoms with Crippen LogP contribution in [0.4, 0.5) is 5.69 Å². The number of hydrogen-bond acceptors (Lipinski definition) is 4. The molecule has 2 aromatic carbocycles. The number of hydrogen-bond donors (Lipinski definition) is 0. The number of esters is 1. The Hall–Kier alpha value is -2.53. The Balaban J connectivity index is 2.16. The zero-order valence-corrected chi connectivity index (χ0v) is 14.8. The van der Waals surface area contributed by atoms with Crippen LogP contribution in [0.5, 0.6) is 0 Å². The molecular formula is C20H19NO3S. The summed E-state index contributed by atoms with van der Waals surface area (Å²) in [5.41, 5.74) is 1.87. The minimum atomic E-state index is -0.596. The van der Waals surface area contributed by atoms with E-state index in [1.165, 1.54) is 7.11 Å². The lowest BCUT2D eigenvalue weighted by Gasteiger charge is -2.32. The number of carbonyl (C=O) groups excluding carboxylic acids is 2. The van der Waals surface area contributed by atoms with Crippen molar-refractivity contribution in [3.8, 4) is 0 Å². The number of amides is 1. The molecule has 1 unspecified atom stereocenters. The van der Waals surface area contributed by atoms with Crippen LogP contribution in [0.15, 0.2) is 71.6 Å². The van der Waals surface area contributed by atoms with Crippen LogP contribution in [0.1, 0.15) is 18.0 Å². The van der Waals surface area contributed by atoms with Crippen LogP contribution in [0.2, 0.25) is 0 Å². The van der Waals surface area contributed by atoms with Crippen LogP contribution < -0.4 is 4.90 Å². The molecule has 4 nitrogen and oxygen atoms in total. The van der Waals surface area contributed by atoms with Gasteiger partial charge < -0.3 is 4.74 Å². The van der Waals surface area contributed by atoms with Gasteiger partial charge in [-0.05, 0) is 17.7 Å². The Morgan fingerprint density at radius 1 is 1.16 bits per heavy atom. The van der Waals surface area contributed by atoms with Gasteiger partial charge >= 0.3 is 5.97 Å². The van der Waals surface area contributed by atoms with E-state index in [-0.39, 0.29) is 11.5 Å². The van der Waals surface area contributed by atoms with E-state index in [0.717, 1.165) is 16.1 Å². The molecule has 0 saturated carbocycles. The van der Waals surface area contributed by atoms with Crippen LogP contribution in [-0.2, 0) is 14.3 Å². The molecule has 128 valence electrons. The smallest absolute Gasteiger partial charge is 0.335 e. The first-order valence-electron chi connectivity index (χ1n) is 7.99. The molecule has 1 amide bonds. The molecule has 25 heavy (non-hydrogen) atoms. The van der Waals surface area contributed by atoms with Gasteiger partial charge in [0.15, 0.2) is 0 Å². The van der Waals surface area contributed by atoms with E-state index < -0.39 is 12.0 Å². The van der Waals surface area contributed by atoms with Crippen molar-refractivity contribution < 1.29 is 14.3 Å². The molecule has 0 fully saturated rings. The van der Waals surface area contributed by atoms with Crippen molar-refractivity contribution in [2.75, 3.05) is 17.8 Å². The normalized spacial score (nSPS) is 15.1. The van der Waals surface area contributed by atoms with Gasteiger partial charge in [-0.1, -0.05) is 49.0 Å². The highest BCUT2D eigenvalue weighted by molar-refractivity contribution is 7.99.